The lowest BCUT2D eigenvalue weighted by molar-refractivity contribution is -0.116. The minimum atomic E-state index is -0.367. The van der Waals surface area contributed by atoms with Crippen LogP contribution in [0.5, 0.6) is 0 Å². The molecule has 3 aromatic rings. The number of para-hydroxylation sites is 1. The number of amides is 2. The third kappa shape index (κ3) is 4.20. The van der Waals surface area contributed by atoms with Crippen LogP contribution in [-0.2, 0) is 4.79 Å². The highest BCUT2D eigenvalue weighted by molar-refractivity contribution is 5.98. The molecule has 0 unspecified atom stereocenters. The Balaban J connectivity index is 1.65. The van der Waals surface area contributed by atoms with E-state index in [1.54, 1.807) is 7.05 Å². The summed E-state index contributed by atoms with van der Waals surface area (Å²) >= 11 is 0. The number of anilines is 1. The summed E-state index contributed by atoms with van der Waals surface area (Å²) in [5, 5.41) is 11.2. The standard InChI is InChI=1S/C20H21N5O2/c1-14-8-7-11-17(15(14)2)22-19(26)13-24(3)20(27)18-12-21-25(23-18)16-9-5-4-6-10-16/h4-12H,13H2,1-3H3,(H,22,26). The summed E-state index contributed by atoms with van der Waals surface area (Å²) in [4.78, 5) is 27.5. The van der Waals surface area contributed by atoms with Gasteiger partial charge >= 0.3 is 0 Å². The second-order valence-corrected chi connectivity index (χ2v) is 6.31. The average molecular weight is 363 g/mol. The fourth-order valence-electron chi connectivity index (χ4n) is 2.61. The van der Waals surface area contributed by atoms with Crippen molar-refractivity contribution < 1.29 is 9.59 Å². The van der Waals surface area contributed by atoms with Crippen molar-refractivity contribution >= 4 is 17.5 Å². The van der Waals surface area contributed by atoms with E-state index in [0.29, 0.717) is 0 Å². The third-order valence-corrected chi connectivity index (χ3v) is 4.30. The molecule has 138 valence electrons. The van der Waals surface area contributed by atoms with Gasteiger partial charge in [-0.15, -0.1) is 5.10 Å². The molecule has 0 aliphatic heterocycles. The van der Waals surface area contributed by atoms with Gasteiger partial charge in [-0.2, -0.15) is 9.90 Å². The zero-order valence-electron chi connectivity index (χ0n) is 15.5. The van der Waals surface area contributed by atoms with E-state index in [1.807, 2.05) is 62.4 Å². The van der Waals surface area contributed by atoms with Crippen molar-refractivity contribution in [3.05, 3.63) is 71.5 Å². The van der Waals surface area contributed by atoms with E-state index in [9.17, 15) is 9.59 Å². The van der Waals surface area contributed by atoms with Gasteiger partial charge in [0.2, 0.25) is 5.91 Å². The maximum atomic E-state index is 12.5. The topological polar surface area (TPSA) is 80.1 Å². The molecule has 7 nitrogen and oxygen atoms in total. The molecule has 0 spiro atoms. The number of nitrogens with zero attached hydrogens (tertiary/aromatic N) is 4. The summed E-state index contributed by atoms with van der Waals surface area (Å²) in [5.41, 5.74) is 3.78. The van der Waals surface area contributed by atoms with Gasteiger partial charge in [0.05, 0.1) is 18.4 Å². The number of hydrogen-bond acceptors (Lipinski definition) is 4. The van der Waals surface area contributed by atoms with E-state index in [2.05, 4.69) is 15.5 Å². The van der Waals surface area contributed by atoms with Crippen LogP contribution in [0.3, 0.4) is 0 Å². The van der Waals surface area contributed by atoms with Gasteiger partial charge < -0.3 is 10.2 Å². The molecule has 1 N–H and O–H groups in total. The molecule has 0 fully saturated rings. The molecule has 3 rings (SSSR count). The number of aryl methyl sites for hydroxylation is 1. The monoisotopic (exact) mass is 363 g/mol. The van der Waals surface area contributed by atoms with Gasteiger partial charge in [0, 0.05) is 12.7 Å². The molecule has 2 aromatic carbocycles. The van der Waals surface area contributed by atoms with Crippen molar-refractivity contribution in [1.29, 1.82) is 0 Å². The number of aromatic nitrogens is 3. The van der Waals surface area contributed by atoms with Gasteiger partial charge in [-0.25, -0.2) is 0 Å². The van der Waals surface area contributed by atoms with Crippen LogP contribution in [0.1, 0.15) is 21.6 Å². The lowest BCUT2D eigenvalue weighted by Gasteiger charge is -2.16. The van der Waals surface area contributed by atoms with Crippen molar-refractivity contribution in [2.75, 3.05) is 18.9 Å². The van der Waals surface area contributed by atoms with Gasteiger partial charge in [-0.3, -0.25) is 9.59 Å². The van der Waals surface area contributed by atoms with Gasteiger partial charge in [-0.05, 0) is 43.2 Å². The summed E-state index contributed by atoms with van der Waals surface area (Å²) < 4.78 is 0. The smallest absolute Gasteiger partial charge is 0.276 e. The fourth-order valence-corrected chi connectivity index (χ4v) is 2.61. The highest BCUT2D eigenvalue weighted by Crippen LogP contribution is 2.17. The number of nitrogens with one attached hydrogen (secondary N) is 1. The first-order valence-electron chi connectivity index (χ1n) is 8.55. The fraction of sp³-hybridized carbons (Fsp3) is 0.200. The Hall–Kier alpha value is -3.48. The molecule has 0 bridgehead atoms. The quantitative estimate of drug-likeness (QED) is 0.756. The minimum absolute atomic E-state index is 0.0790. The molecule has 1 heterocycles. The van der Waals surface area contributed by atoms with Crippen molar-refractivity contribution in [2.45, 2.75) is 13.8 Å². The number of carbonyl (C=O) groups is 2. The van der Waals surface area contributed by atoms with E-state index in [0.717, 1.165) is 22.5 Å². The molecule has 0 aliphatic carbocycles. The molecule has 1 aromatic heterocycles. The molecule has 0 radical (unpaired) electrons. The first-order chi connectivity index (χ1) is 13.0. The molecule has 7 heteroatoms. The second-order valence-electron chi connectivity index (χ2n) is 6.31. The Morgan fingerprint density at radius 2 is 1.81 bits per heavy atom. The Kier molecular flexibility index (Phi) is 5.30. The Labute approximate surface area is 157 Å². The van der Waals surface area contributed by atoms with Crippen molar-refractivity contribution in [3.8, 4) is 5.69 Å². The molecule has 0 saturated carbocycles. The Morgan fingerprint density at radius 3 is 2.56 bits per heavy atom. The number of likely N-dealkylation sites (N-methyl/N-ethyl adjacent to an activating group) is 1. The van der Waals surface area contributed by atoms with Crippen molar-refractivity contribution in [1.82, 2.24) is 19.9 Å². The average Bonchev–Trinajstić information content (AvgIpc) is 3.15. The Bertz CT molecular complexity index is 966. The number of rotatable bonds is 5. The van der Waals surface area contributed by atoms with Gasteiger partial charge in [0.15, 0.2) is 5.69 Å². The highest BCUT2D eigenvalue weighted by Gasteiger charge is 2.19. The zero-order valence-corrected chi connectivity index (χ0v) is 15.5. The highest BCUT2D eigenvalue weighted by atomic mass is 16.2. The van der Waals surface area contributed by atoms with Crippen LogP contribution in [0.2, 0.25) is 0 Å². The molecular formula is C20H21N5O2. The van der Waals surface area contributed by atoms with E-state index < -0.39 is 0 Å². The molecule has 27 heavy (non-hydrogen) atoms. The molecule has 0 atom stereocenters. The molecule has 2 amide bonds. The van der Waals surface area contributed by atoms with E-state index in [1.165, 1.54) is 15.9 Å². The summed E-state index contributed by atoms with van der Waals surface area (Å²) in [7, 11) is 1.56. The molecule has 0 saturated heterocycles. The number of benzene rings is 2. The number of hydrogen-bond donors (Lipinski definition) is 1. The van der Waals surface area contributed by atoms with Crippen LogP contribution in [-0.4, -0.2) is 45.3 Å². The van der Waals surface area contributed by atoms with Crippen LogP contribution in [0.15, 0.2) is 54.7 Å². The molecular weight excluding hydrogens is 342 g/mol. The van der Waals surface area contributed by atoms with Crippen LogP contribution in [0.4, 0.5) is 5.69 Å². The van der Waals surface area contributed by atoms with Crippen LogP contribution in [0.25, 0.3) is 5.69 Å². The minimum Gasteiger partial charge on any atom is -0.331 e. The van der Waals surface area contributed by atoms with Gasteiger partial charge in [-0.1, -0.05) is 30.3 Å². The lowest BCUT2D eigenvalue weighted by atomic mass is 10.1. The first kappa shape index (κ1) is 18.3. The van der Waals surface area contributed by atoms with Crippen molar-refractivity contribution in [3.63, 3.8) is 0 Å². The summed E-state index contributed by atoms with van der Waals surface area (Å²) in [5.74, 6) is -0.636. The predicted molar refractivity (Wildman–Crippen MR) is 103 cm³/mol. The number of carbonyl (C=O) groups excluding carboxylic acids is 2. The largest absolute Gasteiger partial charge is 0.331 e. The summed E-state index contributed by atoms with van der Waals surface area (Å²) in [6.07, 6.45) is 1.40. The molecule has 0 aliphatic rings. The van der Waals surface area contributed by atoms with Gasteiger partial charge in [0.25, 0.3) is 5.91 Å². The summed E-state index contributed by atoms with van der Waals surface area (Å²) in [6.45, 7) is 3.85. The van der Waals surface area contributed by atoms with Gasteiger partial charge in [0.1, 0.15) is 0 Å². The normalized spacial score (nSPS) is 10.5. The van der Waals surface area contributed by atoms with E-state index >= 15 is 0 Å². The lowest BCUT2D eigenvalue weighted by Crippen LogP contribution is -2.35. The van der Waals surface area contributed by atoms with Crippen LogP contribution >= 0.6 is 0 Å². The SMILES string of the molecule is Cc1cccc(NC(=O)CN(C)C(=O)c2cnn(-c3ccccc3)n2)c1C. The Morgan fingerprint density at radius 1 is 1.07 bits per heavy atom. The second kappa shape index (κ2) is 7.82. The first-order valence-corrected chi connectivity index (χ1v) is 8.55. The van der Waals surface area contributed by atoms with E-state index in [-0.39, 0.29) is 24.1 Å². The van der Waals surface area contributed by atoms with E-state index in [4.69, 9.17) is 0 Å². The van der Waals surface area contributed by atoms with Crippen LogP contribution in [0, 0.1) is 13.8 Å². The predicted octanol–water partition coefficient (Wildman–Crippen LogP) is 2.59. The maximum Gasteiger partial charge on any atom is 0.276 e. The van der Waals surface area contributed by atoms with Crippen molar-refractivity contribution in [2.24, 2.45) is 0 Å². The third-order valence-electron chi connectivity index (χ3n) is 4.30. The van der Waals surface area contributed by atoms with Crippen LogP contribution < -0.4 is 5.32 Å². The zero-order chi connectivity index (χ0) is 19.4. The summed E-state index contributed by atoms with van der Waals surface area (Å²) in [6, 6.07) is 15.0. The maximum absolute atomic E-state index is 12.5.